The normalized spacial score (nSPS) is 13.2. The van der Waals surface area contributed by atoms with Crippen LogP contribution in [0.15, 0.2) is 27.4 Å². The number of ether oxygens (including phenoxy) is 2. The molecule has 152 valence electrons. The first-order chi connectivity index (χ1) is 13.2. The van der Waals surface area contributed by atoms with Gasteiger partial charge in [-0.2, -0.15) is 0 Å². The van der Waals surface area contributed by atoms with Gasteiger partial charge in [0, 0.05) is 23.9 Å². The largest absolute Gasteiger partial charge is 0.493 e. The smallest absolute Gasteiger partial charge is 0.336 e. The average Bonchev–Trinajstić information content (AvgIpc) is 2.65. The first-order valence-corrected chi connectivity index (χ1v) is 8.65. The molecule has 9 nitrogen and oxygen atoms in total. The molecular weight excluding hydrogens is 368 g/mol. The quantitative estimate of drug-likeness (QED) is 0.563. The summed E-state index contributed by atoms with van der Waals surface area (Å²) in [4.78, 5) is 35.8. The Morgan fingerprint density at radius 2 is 1.79 bits per heavy atom. The number of aliphatic carboxylic acids is 1. The molecule has 2 atom stereocenters. The number of benzene rings is 1. The molecule has 0 aliphatic heterocycles. The fraction of sp³-hybridized carbons (Fsp3) is 0.421. The molecule has 2 rings (SSSR count). The monoisotopic (exact) mass is 392 g/mol. The Morgan fingerprint density at radius 3 is 2.32 bits per heavy atom. The van der Waals surface area contributed by atoms with Crippen molar-refractivity contribution >= 4 is 22.8 Å². The van der Waals surface area contributed by atoms with Crippen LogP contribution in [0.2, 0.25) is 0 Å². The van der Waals surface area contributed by atoms with Gasteiger partial charge in [-0.15, -0.1) is 0 Å². The van der Waals surface area contributed by atoms with E-state index in [2.05, 4.69) is 5.32 Å². The highest BCUT2D eigenvalue weighted by Crippen LogP contribution is 2.33. The van der Waals surface area contributed by atoms with Crippen molar-refractivity contribution in [1.29, 1.82) is 0 Å². The van der Waals surface area contributed by atoms with Gasteiger partial charge in [0.1, 0.15) is 11.6 Å². The van der Waals surface area contributed by atoms with Gasteiger partial charge in [-0.3, -0.25) is 4.79 Å². The number of carbonyl (C=O) groups excluding carboxylic acids is 1. The summed E-state index contributed by atoms with van der Waals surface area (Å²) in [6.07, 6.45) is -0.135. The summed E-state index contributed by atoms with van der Waals surface area (Å²) in [5, 5.41) is 12.4. The van der Waals surface area contributed by atoms with Crippen LogP contribution >= 0.6 is 0 Å². The minimum absolute atomic E-state index is 0.135. The van der Waals surface area contributed by atoms with Crippen molar-refractivity contribution in [3.63, 3.8) is 0 Å². The van der Waals surface area contributed by atoms with Crippen molar-refractivity contribution < 1.29 is 28.6 Å². The maximum atomic E-state index is 12.2. The van der Waals surface area contributed by atoms with Crippen LogP contribution in [-0.2, 0) is 16.0 Å². The standard InChI is InChI=1S/C19H24N2O7/c1-9(2)17(20)18(23)21-12(19(24)25)5-10-6-16(22)28-13-8-15(27-4)14(26-3)7-11(10)13/h6-9,12,17H,5,20H2,1-4H3,(H,21,23)(H,24,25). The number of nitrogens with two attached hydrogens (primary N) is 1. The molecule has 28 heavy (non-hydrogen) atoms. The number of methoxy groups -OCH3 is 2. The molecule has 1 heterocycles. The van der Waals surface area contributed by atoms with Crippen LogP contribution in [0.25, 0.3) is 11.0 Å². The summed E-state index contributed by atoms with van der Waals surface area (Å²) in [6, 6.07) is 2.16. The Balaban J connectivity index is 2.45. The second-order valence-electron chi connectivity index (χ2n) is 6.67. The van der Waals surface area contributed by atoms with E-state index in [1.807, 2.05) is 0 Å². The number of carboxylic acids is 1. The van der Waals surface area contributed by atoms with Crippen LogP contribution in [0.4, 0.5) is 0 Å². The molecular formula is C19H24N2O7. The molecule has 0 fully saturated rings. The molecule has 1 aromatic carbocycles. The van der Waals surface area contributed by atoms with Crippen LogP contribution in [0.1, 0.15) is 19.4 Å². The van der Waals surface area contributed by atoms with E-state index in [0.29, 0.717) is 22.4 Å². The van der Waals surface area contributed by atoms with Gasteiger partial charge >= 0.3 is 11.6 Å². The van der Waals surface area contributed by atoms with Crippen LogP contribution in [-0.4, -0.2) is 43.3 Å². The number of hydrogen-bond acceptors (Lipinski definition) is 7. The lowest BCUT2D eigenvalue weighted by atomic mass is 10.00. The van der Waals surface area contributed by atoms with E-state index in [1.165, 1.54) is 26.4 Å². The van der Waals surface area contributed by atoms with Gasteiger partial charge in [-0.25, -0.2) is 9.59 Å². The van der Waals surface area contributed by atoms with Crippen molar-refractivity contribution in [2.45, 2.75) is 32.4 Å². The fourth-order valence-corrected chi connectivity index (χ4v) is 2.71. The number of carbonyl (C=O) groups is 2. The third kappa shape index (κ3) is 4.61. The number of nitrogens with one attached hydrogen (secondary N) is 1. The highest BCUT2D eigenvalue weighted by Gasteiger charge is 2.26. The molecule has 0 bridgehead atoms. The molecule has 0 aliphatic carbocycles. The SMILES string of the molecule is COc1cc2oc(=O)cc(CC(NC(=O)C(N)C(C)C)C(=O)O)c2cc1OC. The van der Waals surface area contributed by atoms with E-state index in [0.717, 1.165) is 0 Å². The molecule has 4 N–H and O–H groups in total. The third-order valence-corrected chi connectivity index (χ3v) is 4.39. The van der Waals surface area contributed by atoms with Crippen molar-refractivity contribution in [2.24, 2.45) is 11.7 Å². The Kier molecular flexibility index (Phi) is 6.63. The van der Waals surface area contributed by atoms with E-state index in [9.17, 15) is 19.5 Å². The van der Waals surface area contributed by atoms with E-state index in [1.54, 1.807) is 19.9 Å². The lowest BCUT2D eigenvalue weighted by Crippen LogP contribution is -2.51. The summed E-state index contributed by atoms with van der Waals surface area (Å²) in [5.41, 5.74) is 5.74. The molecule has 0 saturated carbocycles. The topological polar surface area (TPSA) is 141 Å². The van der Waals surface area contributed by atoms with Crippen molar-refractivity contribution in [2.75, 3.05) is 14.2 Å². The van der Waals surface area contributed by atoms with E-state index < -0.39 is 29.6 Å². The zero-order chi connectivity index (χ0) is 21.0. The molecule has 2 aromatic rings. The van der Waals surface area contributed by atoms with E-state index in [4.69, 9.17) is 19.6 Å². The van der Waals surface area contributed by atoms with Gasteiger partial charge in [0.15, 0.2) is 11.5 Å². The summed E-state index contributed by atoms with van der Waals surface area (Å²) in [5.74, 6) is -1.22. The number of amides is 1. The van der Waals surface area contributed by atoms with Crippen LogP contribution in [0.3, 0.4) is 0 Å². The second kappa shape index (κ2) is 8.75. The number of carboxylic acid groups (broad SMARTS) is 1. The number of rotatable bonds is 8. The molecule has 0 aliphatic rings. The van der Waals surface area contributed by atoms with Gasteiger partial charge in [-0.05, 0) is 17.5 Å². The molecule has 1 amide bonds. The summed E-state index contributed by atoms with van der Waals surface area (Å²) in [7, 11) is 2.90. The highest BCUT2D eigenvalue weighted by molar-refractivity contribution is 5.88. The highest BCUT2D eigenvalue weighted by atomic mass is 16.5. The molecule has 2 unspecified atom stereocenters. The first kappa shape index (κ1) is 21.2. The van der Waals surface area contributed by atoms with Gasteiger partial charge in [0.25, 0.3) is 0 Å². The van der Waals surface area contributed by atoms with E-state index in [-0.39, 0.29) is 17.9 Å². The van der Waals surface area contributed by atoms with Crippen molar-refractivity contribution in [1.82, 2.24) is 5.32 Å². The Hall–Kier alpha value is -3.07. The van der Waals surface area contributed by atoms with Gasteiger partial charge in [0.2, 0.25) is 5.91 Å². The second-order valence-corrected chi connectivity index (χ2v) is 6.67. The third-order valence-electron chi connectivity index (χ3n) is 4.39. The van der Waals surface area contributed by atoms with Crippen LogP contribution < -0.4 is 26.1 Å². The number of hydrogen-bond donors (Lipinski definition) is 3. The Labute approximate surface area is 161 Å². The molecule has 1 aromatic heterocycles. The Bertz CT molecular complexity index is 936. The molecule has 0 radical (unpaired) electrons. The average molecular weight is 392 g/mol. The lowest BCUT2D eigenvalue weighted by molar-refractivity contribution is -0.142. The molecule has 9 heteroatoms. The number of fused-ring (bicyclic) bond motifs is 1. The summed E-state index contributed by atoms with van der Waals surface area (Å²) < 4.78 is 15.6. The van der Waals surface area contributed by atoms with Crippen molar-refractivity contribution in [3.8, 4) is 11.5 Å². The van der Waals surface area contributed by atoms with Gasteiger partial charge < -0.3 is 30.0 Å². The van der Waals surface area contributed by atoms with Crippen LogP contribution in [0, 0.1) is 5.92 Å². The minimum atomic E-state index is -1.27. The molecule has 0 spiro atoms. The molecule has 0 saturated heterocycles. The summed E-state index contributed by atoms with van der Waals surface area (Å²) in [6.45, 7) is 3.52. The van der Waals surface area contributed by atoms with Gasteiger partial charge in [-0.1, -0.05) is 13.8 Å². The lowest BCUT2D eigenvalue weighted by Gasteiger charge is -2.20. The predicted octanol–water partition coefficient (Wildman–Crippen LogP) is 0.905. The maximum Gasteiger partial charge on any atom is 0.336 e. The maximum absolute atomic E-state index is 12.2. The fourth-order valence-electron chi connectivity index (χ4n) is 2.71. The minimum Gasteiger partial charge on any atom is -0.493 e. The van der Waals surface area contributed by atoms with Crippen LogP contribution in [0.5, 0.6) is 11.5 Å². The zero-order valence-electron chi connectivity index (χ0n) is 16.1. The Morgan fingerprint density at radius 1 is 1.18 bits per heavy atom. The zero-order valence-corrected chi connectivity index (χ0v) is 16.1. The summed E-state index contributed by atoms with van der Waals surface area (Å²) >= 11 is 0. The van der Waals surface area contributed by atoms with Gasteiger partial charge in [0.05, 0.1) is 20.3 Å². The van der Waals surface area contributed by atoms with E-state index >= 15 is 0 Å². The predicted molar refractivity (Wildman–Crippen MR) is 102 cm³/mol. The first-order valence-electron chi connectivity index (χ1n) is 8.65. The van der Waals surface area contributed by atoms with Crippen molar-refractivity contribution in [3.05, 3.63) is 34.2 Å².